The Morgan fingerprint density at radius 3 is 2.58 bits per heavy atom. The van der Waals surface area contributed by atoms with Crippen molar-refractivity contribution in [2.24, 2.45) is 0 Å². The predicted octanol–water partition coefficient (Wildman–Crippen LogP) is 2.99. The first-order chi connectivity index (χ1) is 12.5. The Labute approximate surface area is 156 Å². The number of carbonyl (C=O) groups is 2. The normalized spacial score (nSPS) is 15.8. The number of hydrogen-bond donors (Lipinski definition) is 0. The van der Waals surface area contributed by atoms with Crippen LogP contribution in [0.3, 0.4) is 0 Å². The van der Waals surface area contributed by atoms with E-state index in [9.17, 15) is 9.59 Å². The molecular formula is C19H18N2O4S. The molecule has 0 spiro atoms. The fraction of sp³-hybridized carbons (Fsp3) is 0.211. The molecule has 0 atom stereocenters. The summed E-state index contributed by atoms with van der Waals surface area (Å²) in [5.41, 5.74) is 2.06. The quantitative estimate of drug-likeness (QED) is 0.458. The van der Waals surface area contributed by atoms with E-state index in [2.05, 4.69) is 6.92 Å². The molecule has 1 aliphatic heterocycles. The van der Waals surface area contributed by atoms with Crippen LogP contribution in [0.15, 0.2) is 52.8 Å². The first-order valence-electron chi connectivity index (χ1n) is 8.12. The zero-order valence-electron chi connectivity index (χ0n) is 14.5. The number of amides is 1. The van der Waals surface area contributed by atoms with E-state index in [0.717, 1.165) is 12.0 Å². The number of rotatable bonds is 5. The third-order valence-electron chi connectivity index (χ3n) is 4.08. The lowest BCUT2D eigenvalue weighted by Crippen LogP contribution is -2.35. The molecular weight excluding hydrogens is 352 g/mol. The van der Waals surface area contributed by atoms with Gasteiger partial charge in [0.05, 0.1) is 19.1 Å². The summed E-state index contributed by atoms with van der Waals surface area (Å²) < 4.78 is 10.0. The van der Waals surface area contributed by atoms with Crippen LogP contribution in [0.5, 0.6) is 0 Å². The highest BCUT2D eigenvalue weighted by Gasteiger charge is 2.40. The smallest absolute Gasteiger partial charge is 0.325 e. The van der Waals surface area contributed by atoms with E-state index in [0.29, 0.717) is 11.4 Å². The van der Waals surface area contributed by atoms with Crippen molar-refractivity contribution in [2.45, 2.75) is 13.3 Å². The minimum absolute atomic E-state index is 0.156. The van der Waals surface area contributed by atoms with Crippen molar-refractivity contribution >= 4 is 41.0 Å². The van der Waals surface area contributed by atoms with Crippen LogP contribution in [0.4, 0.5) is 5.69 Å². The molecule has 1 saturated heterocycles. The van der Waals surface area contributed by atoms with Crippen molar-refractivity contribution in [1.82, 2.24) is 4.90 Å². The van der Waals surface area contributed by atoms with Gasteiger partial charge in [0.1, 0.15) is 18.0 Å². The number of hydrogen-bond acceptors (Lipinski definition) is 5. The van der Waals surface area contributed by atoms with E-state index in [4.69, 9.17) is 21.4 Å². The predicted molar refractivity (Wildman–Crippen MR) is 101 cm³/mol. The number of methoxy groups -OCH3 is 1. The van der Waals surface area contributed by atoms with Crippen molar-refractivity contribution in [3.05, 3.63) is 59.7 Å². The van der Waals surface area contributed by atoms with Gasteiger partial charge in [0.25, 0.3) is 5.91 Å². The van der Waals surface area contributed by atoms with Gasteiger partial charge in [-0.1, -0.05) is 19.1 Å². The molecule has 1 amide bonds. The van der Waals surface area contributed by atoms with Crippen LogP contribution in [-0.4, -0.2) is 35.5 Å². The number of ether oxygens (including phenoxy) is 1. The number of benzene rings is 1. The van der Waals surface area contributed by atoms with Crippen molar-refractivity contribution < 1.29 is 18.7 Å². The third kappa shape index (κ3) is 3.39. The van der Waals surface area contributed by atoms with Gasteiger partial charge in [-0.05, 0) is 48.5 Å². The Balaban J connectivity index is 2.00. The number of aryl methyl sites for hydroxylation is 1. The molecule has 0 unspecified atom stereocenters. The van der Waals surface area contributed by atoms with Crippen LogP contribution < -0.4 is 4.90 Å². The summed E-state index contributed by atoms with van der Waals surface area (Å²) in [6, 6.07) is 11.0. The first kappa shape index (κ1) is 17.9. The molecule has 1 fully saturated rings. The fourth-order valence-corrected chi connectivity index (χ4v) is 2.99. The molecule has 134 valence electrons. The first-order valence-corrected chi connectivity index (χ1v) is 8.53. The Morgan fingerprint density at radius 1 is 1.27 bits per heavy atom. The highest BCUT2D eigenvalue weighted by molar-refractivity contribution is 7.80. The van der Waals surface area contributed by atoms with Gasteiger partial charge in [-0.15, -0.1) is 0 Å². The van der Waals surface area contributed by atoms with Crippen LogP contribution in [0.25, 0.3) is 6.08 Å². The molecule has 0 saturated carbocycles. The Hall–Kier alpha value is -2.93. The van der Waals surface area contributed by atoms with Gasteiger partial charge in [-0.25, -0.2) is 0 Å². The Morgan fingerprint density at radius 2 is 2.00 bits per heavy atom. The molecule has 0 bridgehead atoms. The second kappa shape index (κ2) is 7.53. The van der Waals surface area contributed by atoms with Crippen molar-refractivity contribution in [3.8, 4) is 0 Å². The molecule has 2 aromatic rings. The molecule has 1 aromatic heterocycles. The highest BCUT2D eigenvalue weighted by atomic mass is 32.1. The largest absolute Gasteiger partial charge is 0.468 e. The number of carbonyl (C=O) groups excluding carboxylic acids is 2. The SMILES string of the molecule is CCc1ccc(N2C(=O)/C(=C/c3ccco3)N(CC(=O)OC)C2=S)cc1. The number of anilines is 1. The maximum Gasteiger partial charge on any atom is 0.325 e. The summed E-state index contributed by atoms with van der Waals surface area (Å²) in [4.78, 5) is 27.7. The van der Waals surface area contributed by atoms with Gasteiger partial charge in [-0.2, -0.15) is 0 Å². The van der Waals surface area contributed by atoms with E-state index < -0.39 is 5.97 Å². The average Bonchev–Trinajstić information content (AvgIpc) is 3.24. The maximum absolute atomic E-state index is 13.0. The molecule has 6 nitrogen and oxygen atoms in total. The van der Waals surface area contributed by atoms with Crippen molar-refractivity contribution in [1.29, 1.82) is 0 Å². The van der Waals surface area contributed by atoms with Crippen LogP contribution in [0.2, 0.25) is 0 Å². The fourth-order valence-electron chi connectivity index (χ4n) is 2.64. The second-order valence-electron chi connectivity index (χ2n) is 5.65. The Kier molecular flexibility index (Phi) is 5.18. The molecule has 0 N–H and O–H groups in total. The van der Waals surface area contributed by atoms with Gasteiger partial charge in [0, 0.05) is 6.08 Å². The lowest BCUT2D eigenvalue weighted by atomic mass is 10.1. The molecule has 2 heterocycles. The van der Waals surface area contributed by atoms with Crippen molar-refractivity contribution in [2.75, 3.05) is 18.6 Å². The minimum Gasteiger partial charge on any atom is -0.468 e. The van der Waals surface area contributed by atoms with Crippen LogP contribution in [0.1, 0.15) is 18.2 Å². The summed E-state index contributed by atoms with van der Waals surface area (Å²) >= 11 is 5.47. The van der Waals surface area contributed by atoms with Crippen LogP contribution in [-0.2, 0) is 20.7 Å². The number of thiocarbonyl (C=S) groups is 1. The molecule has 26 heavy (non-hydrogen) atoms. The van der Waals surface area contributed by atoms with Gasteiger partial charge in [0.2, 0.25) is 0 Å². The third-order valence-corrected chi connectivity index (χ3v) is 4.48. The summed E-state index contributed by atoms with van der Waals surface area (Å²) in [5, 5.41) is 0.224. The van der Waals surface area contributed by atoms with E-state index >= 15 is 0 Å². The average molecular weight is 370 g/mol. The van der Waals surface area contributed by atoms with Gasteiger partial charge in [0.15, 0.2) is 5.11 Å². The Bertz CT molecular complexity index is 856. The minimum atomic E-state index is -0.492. The molecule has 1 aromatic carbocycles. The molecule has 1 aliphatic rings. The maximum atomic E-state index is 13.0. The zero-order valence-corrected chi connectivity index (χ0v) is 15.3. The summed E-state index contributed by atoms with van der Waals surface area (Å²) in [7, 11) is 1.29. The summed E-state index contributed by atoms with van der Waals surface area (Å²) in [5.74, 6) is -0.317. The van der Waals surface area contributed by atoms with E-state index in [1.807, 2.05) is 24.3 Å². The number of esters is 1. The zero-order chi connectivity index (χ0) is 18.7. The van der Waals surface area contributed by atoms with Gasteiger partial charge < -0.3 is 14.1 Å². The van der Waals surface area contributed by atoms with E-state index in [-0.39, 0.29) is 23.3 Å². The van der Waals surface area contributed by atoms with E-state index in [1.165, 1.54) is 23.2 Å². The number of furan rings is 1. The van der Waals surface area contributed by atoms with E-state index in [1.54, 1.807) is 18.2 Å². The number of nitrogens with zero attached hydrogens (tertiary/aromatic N) is 2. The molecule has 7 heteroatoms. The topological polar surface area (TPSA) is 63.0 Å². The van der Waals surface area contributed by atoms with Gasteiger partial charge >= 0.3 is 5.97 Å². The molecule has 3 rings (SSSR count). The van der Waals surface area contributed by atoms with Gasteiger partial charge in [-0.3, -0.25) is 14.5 Å². The van der Waals surface area contributed by atoms with Crippen LogP contribution in [0, 0.1) is 0 Å². The molecule has 0 radical (unpaired) electrons. The highest BCUT2D eigenvalue weighted by Crippen LogP contribution is 2.29. The van der Waals surface area contributed by atoms with Crippen molar-refractivity contribution in [3.63, 3.8) is 0 Å². The standard InChI is InChI=1S/C19H18N2O4S/c1-3-13-6-8-14(9-7-13)21-18(23)16(11-15-5-4-10-25-15)20(19(21)26)12-17(22)24-2/h4-11H,3,12H2,1-2H3/b16-11-. The molecule has 0 aliphatic carbocycles. The van der Waals surface area contributed by atoms with Crippen LogP contribution >= 0.6 is 12.2 Å². The second-order valence-corrected chi connectivity index (χ2v) is 6.02. The summed E-state index contributed by atoms with van der Waals surface area (Å²) in [6.45, 7) is 1.90. The lowest BCUT2D eigenvalue weighted by Gasteiger charge is -2.19. The summed E-state index contributed by atoms with van der Waals surface area (Å²) in [6.07, 6.45) is 3.98. The monoisotopic (exact) mass is 370 g/mol. The lowest BCUT2D eigenvalue weighted by molar-refractivity contribution is -0.140.